The van der Waals surface area contributed by atoms with Gasteiger partial charge in [-0.05, 0) is 26.2 Å². The van der Waals surface area contributed by atoms with Crippen molar-refractivity contribution in [3.63, 3.8) is 0 Å². The molecule has 0 aromatic heterocycles. The number of hydrogen-bond donors (Lipinski definition) is 1. The molecule has 4 nitrogen and oxygen atoms in total. The van der Waals surface area contributed by atoms with Crippen molar-refractivity contribution in [2.24, 2.45) is 5.92 Å². The molecule has 4 atom stereocenters. The van der Waals surface area contributed by atoms with Crippen molar-refractivity contribution >= 4 is 7.85 Å². The minimum absolute atomic E-state index is 0.247. The molecule has 1 aliphatic rings. The van der Waals surface area contributed by atoms with Gasteiger partial charge >= 0.3 is 0 Å². The van der Waals surface area contributed by atoms with E-state index in [2.05, 4.69) is 13.8 Å². The zero-order valence-corrected chi connectivity index (χ0v) is 12.1. The molecule has 5 heteroatoms. The van der Waals surface area contributed by atoms with Gasteiger partial charge in [0.25, 0.3) is 0 Å². The van der Waals surface area contributed by atoms with Gasteiger partial charge in [0, 0.05) is 13.1 Å². The minimum atomic E-state index is -0.682. The third kappa shape index (κ3) is 4.23. The zero-order chi connectivity index (χ0) is 13.9. The van der Waals surface area contributed by atoms with E-state index < -0.39 is 23.8 Å². The second kappa shape index (κ2) is 6.37. The van der Waals surface area contributed by atoms with Crippen molar-refractivity contribution in [3.05, 3.63) is 0 Å². The summed E-state index contributed by atoms with van der Waals surface area (Å²) in [5, 5.41) is 10.2. The first kappa shape index (κ1) is 16.0. The predicted molar refractivity (Wildman–Crippen MR) is 70.7 cm³/mol. The molecule has 1 N–H and O–H groups in total. The molecule has 0 aliphatic carbocycles. The average molecular weight is 256 g/mol. The Hall–Kier alpha value is -0.0951. The summed E-state index contributed by atoms with van der Waals surface area (Å²) in [7, 11) is 7.51. The van der Waals surface area contributed by atoms with E-state index in [4.69, 9.17) is 22.1 Å². The first-order valence-corrected chi connectivity index (χ1v) is 6.52. The molecule has 0 saturated carbocycles. The molecule has 1 saturated heterocycles. The van der Waals surface area contributed by atoms with Gasteiger partial charge in [-0.2, -0.15) is 0 Å². The van der Waals surface area contributed by atoms with E-state index in [0.29, 0.717) is 12.5 Å². The van der Waals surface area contributed by atoms with Gasteiger partial charge in [-0.15, -0.1) is 0 Å². The Balaban J connectivity index is 2.61. The van der Waals surface area contributed by atoms with Crippen LogP contribution in [0.2, 0.25) is 0 Å². The lowest BCUT2D eigenvalue weighted by Gasteiger charge is -2.31. The van der Waals surface area contributed by atoms with Gasteiger partial charge in [-0.25, -0.2) is 0 Å². The highest BCUT2D eigenvalue weighted by molar-refractivity contribution is 6.11. The second-order valence-corrected chi connectivity index (χ2v) is 6.03. The molecule has 2 radical (unpaired) electrons. The summed E-state index contributed by atoms with van der Waals surface area (Å²) >= 11 is 0. The van der Waals surface area contributed by atoms with Gasteiger partial charge in [-0.3, -0.25) is 0 Å². The van der Waals surface area contributed by atoms with E-state index in [-0.39, 0.29) is 6.10 Å². The van der Waals surface area contributed by atoms with Crippen LogP contribution in [0, 0.1) is 5.92 Å². The maximum Gasteiger partial charge on any atom is 0.112 e. The standard InChI is InChI=1S/C13H25BO4/c1-8(2)6-9-10(15)11(12(14)17-9)18-13(3,4)7-16-5/h8-12,15H,6-7H2,1-5H3. The van der Waals surface area contributed by atoms with Crippen LogP contribution in [0.1, 0.15) is 34.1 Å². The van der Waals surface area contributed by atoms with E-state index in [0.717, 1.165) is 6.42 Å². The van der Waals surface area contributed by atoms with Crippen LogP contribution in [-0.2, 0) is 14.2 Å². The van der Waals surface area contributed by atoms with Gasteiger partial charge in [0.05, 0.1) is 18.3 Å². The summed E-state index contributed by atoms with van der Waals surface area (Å²) in [6.45, 7) is 8.44. The van der Waals surface area contributed by atoms with Crippen LogP contribution in [0.25, 0.3) is 0 Å². The van der Waals surface area contributed by atoms with Crippen LogP contribution < -0.4 is 0 Å². The fourth-order valence-corrected chi connectivity index (χ4v) is 2.31. The lowest BCUT2D eigenvalue weighted by atomic mass is 9.91. The molecule has 0 aromatic rings. The summed E-state index contributed by atoms with van der Waals surface area (Å²) in [4.78, 5) is 0. The Bertz CT molecular complexity index is 257. The summed E-state index contributed by atoms with van der Waals surface area (Å²) in [5.74, 6) is 0.447. The molecule has 1 fully saturated rings. The molecule has 0 aromatic carbocycles. The van der Waals surface area contributed by atoms with Crippen molar-refractivity contribution < 1.29 is 19.3 Å². The smallest absolute Gasteiger partial charge is 0.112 e. The number of hydrogen-bond acceptors (Lipinski definition) is 4. The van der Waals surface area contributed by atoms with E-state index in [1.54, 1.807) is 7.11 Å². The van der Waals surface area contributed by atoms with Gasteiger partial charge in [-0.1, -0.05) is 13.8 Å². The van der Waals surface area contributed by atoms with Crippen molar-refractivity contribution in [2.75, 3.05) is 13.7 Å². The minimum Gasteiger partial charge on any atom is -0.388 e. The fraction of sp³-hybridized carbons (Fsp3) is 1.00. The lowest BCUT2D eigenvalue weighted by Crippen LogP contribution is -2.44. The van der Waals surface area contributed by atoms with Crippen molar-refractivity contribution in [2.45, 2.75) is 64.0 Å². The van der Waals surface area contributed by atoms with Gasteiger partial charge < -0.3 is 19.3 Å². The molecule has 1 aliphatic heterocycles. The summed E-state index contributed by atoms with van der Waals surface area (Å²) < 4.78 is 16.5. The first-order chi connectivity index (χ1) is 8.26. The predicted octanol–water partition coefficient (Wildman–Crippen LogP) is 1.10. The normalized spacial score (nSPS) is 33.3. The van der Waals surface area contributed by atoms with Crippen LogP contribution in [-0.4, -0.2) is 56.6 Å². The highest BCUT2D eigenvalue weighted by Crippen LogP contribution is 2.29. The maximum atomic E-state index is 10.2. The summed E-state index contributed by atoms with van der Waals surface area (Å²) in [5.41, 5.74) is -0.492. The highest BCUT2D eigenvalue weighted by atomic mass is 16.6. The number of ether oxygens (including phenoxy) is 3. The Morgan fingerprint density at radius 2 is 2.00 bits per heavy atom. The van der Waals surface area contributed by atoms with E-state index in [1.165, 1.54) is 0 Å². The van der Waals surface area contributed by atoms with E-state index in [9.17, 15) is 5.11 Å². The molecule has 4 unspecified atom stereocenters. The molecule has 104 valence electrons. The van der Waals surface area contributed by atoms with Crippen LogP contribution in [0.3, 0.4) is 0 Å². The maximum absolute atomic E-state index is 10.2. The molecule has 0 spiro atoms. The fourth-order valence-electron chi connectivity index (χ4n) is 2.31. The quantitative estimate of drug-likeness (QED) is 0.723. The molecule has 1 heterocycles. The largest absolute Gasteiger partial charge is 0.388 e. The number of aliphatic hydroxyl groups is 1. The Morgan fingerprint density at radius 3 is 2.50 bits per heavy atom. The van der Waals surface area contributed by atoms with Crippen molar-refractivity contribution in [1.29, 1.82) is 0 Å². The molecule has 18 heavy (non-hydrogen) atoms. The third-order valence-electron chi connectivity index (χ3n) is 3.02. The SMILES string of the molecule is [B]C1OC(CC(C)C)C(O)C1OC(C)(C)COC. The lowest BCUT2D eigenvalue weighted by molar-refractivity contribution is -0.133. The second-order valence-electron chi connectivity index (χ2n) is 6.03. The Kier molecular flexibility index (Phi) is 5.65. The van der Waals surface area contributed by atoms with Gasteiger partial charge in [0.1, 0.15) is 20.1 Å². The van der Waals surface area contributed by atoms with Crippen LogP contribution in [0.5, 0.6) is 0 Å². The van der Waals surface area contributed by atoms with Crippen molar-refractivity contribution in [3.8, 4) is 0 Å². The Morgan fingerprint density at radius 1 is 1.39 bits per heavy atom. The zero-order valence-electron chi connectivity index (χ0n) is 12.1. The monoisotopic (exact) mass is 256 g/mol. The van der Waals surface area contributed by atoms with Gasteiger partial charge in [0.2, 0.25) is 0 Å². The van der Waals surface area contributed by atoms with Crippen LogP contribution >= 0.6 is 0 Å². The number of rotatable bonds is 6. The van der Waals surface area contributed by atoms with Gasteiger partial charge in [0.15, 0.2) is 0 Å². The topological polar surface area (TPSA) is 47.9 Å². The van der Waals surface area contributed by atoms with Crippen LogP contribution in [0.4, 0.5) is 0 Å². The third-order valence-corrected chi connectivity index (χ3v) is 3.02. The Labute approximate surface area is 111 Å². The molecule has 1 rings (SSSR count). The number of aliphatic hydroxyl groups excluding tert-OH is 1. The van der Waals surface area contributed by atoms with Crippen LogP contribution in [0.15, 0.2) is 0 Å². The van der Waals surface area contributed by atoms with E-state index >= 15 is 0 Å². The summed E-state index contributed by atoms with van der Waals surface area (Å²) in [6.07, 6.45) is -0.653. The molecule has 0 amide bonds. The highest BCUT2D eigenvalue weighted by Gasteiger charge is 2.44. The molecular weight excluding hydrogens is 231 g/mol. The summed E-state index contributed by atoms with van der Waals surface area (Å²) in [6, 6.07) is -0.583. The molecular formula is C13H25BO4. The van der Waals surface area contributed by atoms with E-state index in [1.807, 2.05) is 13.8 Å². The average Bonchev–Trinajstić information content (AvgIpc) is 2.44. The first-order valence-electron chi connectivity index (χ1n) is 6.52. The molecule has 0 bridgehead atoms. The number of methoxy groups -OCH3 is 1. The van der Waals surface area contributed by atoms with Crippen molar-refractivity contribution in [1.82, 2.24) is 0 Å².